The van der Waals surface area contributed by atoms with Crippen molar-refractivity contribution in [1.29, 1.82) is 0 Å². The summed E-state index contributed by atoms with van der Waals surface area (Å²) >= 11 is 0. The molecule has 2 atom stereocenters. The summed E-state index contributed by atoms with van der Waals surface area (Å²) in [6.45, 7) is -0.508. The number of nitrogens with zero attached hydrogens (tertiary/aromatic N) is 4. The summed E-state index contributed by atoms with van der Waals surface area (Å²) in [7, 11) is -4.87. The number of nitrogens with one attached hydrogen (secondary N) is 2. The van der Waals surface area contributed by atoms with Crippen LogP contribution in [0.2, 0.25) is 0 Å². The fourth-order valence-corrected chi connectivity index (χ4v) is 3.54. The second-order valence-electron chi connectivity index (χ2n) is 6.18. The first-order chi connectivity index (χ1) is 13.2. The van der Waals surface area contributed by atoms with E-state index in [9.17, 15) is 22.8 Å². The lowest BCUT2D eigenvalue weighted by Crippen LogP contribution is -2.54. The number of aromatic nitrogens is 2. The lowest BCUT2D eigenvalue weighted by atomic mass is 10.0. The summed E-state index contributed by atoms with van der Waals surface area (Å²) in [5, 5.41) is 9.62. The number of imidazole rings is 1. The van der Waals surface area contributed by atoms with Gasteiger partial charge in [-0.25, -0.2) is 9.78 Å². The number of rotatable bonds is 6. The van der Waals surface area contributed by atoms with Gasteiger partial charge >= 0.3 is 16.4 Å². The minimum atomic E-state index is -4.87. The Kier molecular flexibility index (Phi) is 5.50. The Hall–Kier alpha value is -2.75. The molecule has 2 fully saturated rings. The second kappa shape index (κ2) is 7.70. The molecular formula is C13H18N6O8S. The van der Waals surface area contributed by atoms with Crippen molar-refractivity contribution < 1.29 is 36.7 Å². The topological polar surface area (TPSA) is 183 Å². The minimum Gasteiger partial charge on any atom is -0.388 e. The van der Waals surface area contributed by atoms with Crippen LogP contribution in [0.5, 0.6) is 0 Å². The minimum absolute atomic E-state index is 0.0370. The van der Waals surface area contributed by atoms with Crippen molar-refractivity contribution >= 4 is 28.2 Å². The number of fused-ring (bicyclic) bond motifs is 2. The summed E-state index contributed by atoms with van der Waals surface area (Å²) in [5.74, 6) is -0.970. The molecule has 1 aromatic rings. The van der Waals surface area contributed by atoms with E-state index in [-0.39, 0.29) is 38.4 Å². The largest absolute Gasteiger partial charge is 0.418 e. The Balaban J connectivity index is 1.55. The first-order valence-electron chi connectivity index (χ1n) is 8.16. The van der Waals surface area contributed by atoms with Crippen molar-refractivity contribution in [3.05, 3.63) is 18.2 Å². The van der Waals surface area contributed by atoms with Crippen LogP contribution < -0.4 is 10.9 Å². The quantitative estimate of drug-likeness (QED) is 0.287. The highest BCUT2D eigenvalue weighted by molar-refractivity contribution is 7.80. The van der Waals surface area contributed by atoms with Crippen molar-refractivity contribution in [2.24, 2.45) is 0 Å². The van der Waals surface area contributed by atoms with E-state index in [1.807, 2.05) is 0 Å². The Morgan fingerprint density at radius 1 is 1.32 bits per heavy atom. The molecule has 0 aromatic carbocycles. The van der Waals surface area contributed by atoms with Gasteiger partial charge in [-0.1, -0.05) is 0 Å². The number of hydrogen-bond donors (Lipinski definition) is 4. The lowest BCUT2D eigenvalue weighted by molar-refractivity contribution is -0.132. The summed E-state index contributed by atoms with van der Waals surface area (Å²) in [5.41, 5.74) is 4.42. The Morgan fingerprint density at radius 2 is 2.07 bits per heavy atom. The molecule has 2 aliphatic heterocycles. The van der Waals surface area contributed by atoms with Gasteiger partial charge in [-0.2, -0.15) is 13.5 Å². The van der Waals surface area contributed by atoms with E-state index >= 15 is 0 Å². The third-order valence-electron chi connectivity index (χ3n) is 4.38. The Labute approximate surface area is 158 Å². The zero-order valence-corrected chi connectivity index (χ0v) is 15.2. The zero-order valence-electron chi connectivity index (χ0n) is 14.4. The van der Waals surface area contributed by atoms with Crippen molar-refractivity contribution in [3.63, 3.8) is 0 Å². The lowest BCUT2D eigenvalue weighted by Gasteiger charge is -2.29. The van der Waals surface area contributed by atoms with Gasteiger partial charge in [-0.3, -0.25) is 25.0 Å². The maximum absolute atomic E-state index is 12.3. The van der Waals surface area contributed by atoms with Gasteiger partial charge in [0.15, 0.2) is 0 Å². The number of hydrogen-bond acceptors (Lipinski definition) is 8. The standard InChI is InChI=1S/C13H18N6O8S/c20-7-10-14-3-4-17(10)6-11(21)15-16-12(22)9-2-1-8-5-18(9)13(23)19(8)27-28(24,25)26/h3-4,8-9,20H,1-2,5-7H2,(H,15,21)(H,16,22)(H,24,25,26)/t8-,9+/m1/s1. The highest BCUT2D eigenvalue weighted by Gasteiger charge is 2.49. The molecule has 0 spiro atoms. The van der Waals surface area contributed by atoms with Crippen LogP contribution in [-0.4, -0.2) is 74.1 Å². The van der Waals surface area contributed by atoms with E-state index in [0.29, 0.717) is 5.06 Å². The number of piperidine rings is 1. The molecule has 4 amide bonds. The molecular weight excluding hydrogens is 400 g/mol. The fourth-order valence-electron chi connectivity index (χ4n) is 3.15. The summed E-state index contributed by atoms with van der Waals surface area (Å²) in [4.78, 5) is 41.5. The second-order valence-corrected chi connectivity index (χ2v) is 7.18. The van der Waals surface area contributed by atoms with Gasteiger partial charge in [-0.15, -0.1) is 4.28 Å². The van der Waals surface area contributed by atoms with Crippen LogP contribution in [0.3, 0.4) is 0 Å². The maximum Gasteiger partial charge on any atom is 0.418 e. The number of aliphatic hydroxyl groups is 1. The monoisotopic (exact) mass is 418 g/mol. The Morgan fingerprint density at radius 3 is 2.75 bits per heavy atom. The molecule has 0 saturated carbocycles. The van der Waals surface area contributed by atoms with E-state index in [2.05, 4.69) is 20.1 Å². The molecule has 0 aliphatic carbocycles. The first-order valence-corrected chi connectivity index (χ1v) is 9.52. The molecule has 3 heterocycles. The SMILES string of the molecule is O=C(Cn1ccnc1CO)NNC(=O)[C@@H]1CC[C@@H]2CN1C(=O)N2OS(=O)(=O)O. The summed E-state index contributed by atoms with van der Waals surface area (Å²) in [6.07, 6.45) is 3.37. The number of carbonyl (C=O) groups excluding carboxylic acids is 3. The van der Waals surface area contributed by atoms with Crippen LogP contribution in [0.15, 0.2) is 12.4 Å². The summed E-state index contributed by atoms with van der Waals surface area (Å²) < 4.78 is 36.2. The predicted molar refractivity (Wildman–Crippen MR) is 87.8 cm³/mol. The van der Waals surface area contributed by atoms with Crippen LogP contribution in [0, 0.1) is 0 Å². The number of urea groups is 1. The average Bonchev–Trinajstić information content (AvgIpc) is 3.17. The van der Waals surface area contributed by atoms with Crippen LogP contribution >= 0.6 is 0 Å². The third kappa shape index (κ3) is 4.22. The zero-order chi connectivity index (χ0) is 20.5. The maximum atomic E-state index is 12.3. The highest BCUT2D eigenvalue weighted by Crippen LogP contribution is 2.30. The molecule has 0 unspecified atom stereocenters. The van der Waals surface area contributed by atoms with Crippen LogP contribution in [0.25, 0.3) is 0 Å². The van der Waals surface area contributed by atoms with Crippen LogP contribution in [-0.2, 0) is 37.4 Å². The van der Waals surface area contributed by atoms with Gasteiger partial charge in [-0.05, 0) is 12.8 Å². The molecule has 2 saturated heterocycles. The molecule has 3 rings (SSSR count). The van der Waals surface area contributed by atoms with Gasteiger partial charge < -0.3 is 14.6 Å². The Bertz CT molecular complexity index is 885. The van der Waals surface area contributed by atoms with E-state index in [1.54, 1.807) is 0 Å². The van der Waals surface area contributed by atoms with E-state index in [0.717, 1.165) is 4.90 Å². The predicted octanol–water partition coefficient (Wildman–Crippen LogP) is -2.47. The molecule has 15 heteroatoms. The van der Waals surface area contributed by atoms with Crippen molar-refractivity contribution in [1.82, 2.24) is 30.4 Å². The van der Waals surface area contributed by atoms with E-state index in [4.69, 9.17) is 9.66 Å². The molecule has 28 heavy (non-hydrogen) atoms. The highest BCUT2D eigenvalue weighted by atomic mass is 32.3. The fraction of sp³-hybridized carbons (Fsp3) is 0.538. The smallest absolute Gasteiger partial charge is 0.388 e. The average molecular weight is 418 g/mol. The normalized spacial score (nSPS) is 21.7. The molecule has 154 valence electrons. The summed E-state index contributed by atoms with van der Waals surface area (Å²) in [6, 6.07) is -2.44. The van der Waals surface area contributed by atoms with Crippen LogP contribution in [0.4, 0.5) is 4.79 Å². The number of amides is 4. The molecule has 0 radical (unpaired) electrons. The van der Waals surface area contributed by atoms with Crippen molar-refractivity contribution in [2.45, 2.75) is 38.1 Å². The van der Waals surface area contributed by atoms with Gasteiger partial charge in [0.25, 0.3) is 11.8 Å². The number of hydrazine groups is 1. The van der Waals surface area contributed by atoms with Crippen molar-refractivity contribution in [2.75, 3.05) is 6.54 Å². The van der Waals surface area contributed by atoms with Gasteiger partial charge in [0.2, 0.25) is 0 Å². The van der Waals surface area contributed by atoms with Gasteiger partial charge in [0, 0.05) is 18.9 Å². The molecule has 2 aliphatic rings. The third-order valence-corrected chi connectivity index (χ3v) is 4.73. The number of carbonyl (C=O) groups is 3. The van der Waals surface area contributed by atoms with E-state index in [1.165, 1.54) is 17.0 Å². The molecule has 2 bridgehead atoms. The van der Waals surface area contributed by atoms with Gasteiger partial charge in [0.1, 0.15) is 25.0 Å². The molecule has 14 nitrogen and oxygen atoms in total. The van der Waals surface area contributed by atoms with E-state index < -0.39 is 40.3 Å². The molecule has 4 N–H and O–H groups in total. The van der Waals surface area contributed by atoms with Gasteiger partial charge in [0.05, 0.1) is 6.04 Å². The number of hydroxylamine groups is 2. The van der Waals surface area contributed by atoms with Crippen LogP contribution in [0.1, 0.15) is 18.7 Å². The van der Waals surface area contributed by atoms with Crippen molar-refractivity contribution in [3.8, 4) is 0 Å². The number of aliphatic hydroxyl groups excluding tert-OH is 1. The first kappa shape index (κ1) is 20.0. The molecule has 1 aromatic heterocycles.